The predicted molar refractivity (Wildman–Crippen MR) is 175 cm³/mol. The van der Waals surface area contributed by atoms with Crippen LogP contribution in [-0.2, 0) is 11.2 Å². The van der Waals surface area contributed by atoms with Crippen LogP contribution in [0.3, 0.4) is 0 Å². The average Bonchev–Trinajstić information content (AvgIpc) is 3.09. The molecule has 0 atom stereocenters. The van der Waals surface area contributed by atoms with E-state index in [1.165, 1.54) is 12.1 Å². The minimum Gasteiger partial charge on any atom is -0.386 e. The molecule has 7 aromatic carbocycles. The summed E-state index contributed by atoms with van der Waals surface area (Å²) in [7, 11) is 0. The Morgan fingerprint density at radius 2 is 1.26 bits per heavy atom. The maximum absolute atomic E-state index is 14.2. The lowest BCUT2D eigenvalue weighted by Gasteiger charge is -2.29. The Kier molecular flexibility index (Phi) is 5.25. The summed E-state index contributed by atoms with van der Waals surface area (Å²) in [5.41, 5.74) is 3.65. The molecule has 9 rings (SSSR count). The van der Waals surface area contributed by atoms with Crippen LogP contribution in [0.5, 0.6) is 0 Å². The molecule has 0 radical (unpaired) electrons. The Morgan fingerprint density at radius 3 is 1.98 bits per heavy atom. The molecule has 0 aromatic heterocycles. The molecule has 47 heavy (non-hydrogen) atoms. The standard InChI is InChI=1S/C39H17N3O5/c1-41-29-17-28-32-26(38(45)47-39(28)46)14-12-23-30-21(18-40)16-27-31-25(13-11-24(34(30)31)33(29)35(23)32)36(43)42(37(27)44)22-9-7-20(8-10-22)15-19-5-3-2-4-6-19/h2-14,16-17H,15H2. The normalized spacial score (nSPS) is 13.9. The minimum absolute atomic E-state index is 0.0922. The van der Waals surface area contributed by atoms with Crippen molar-refractivity contribution in [3.05, 3.63) is 141 Å². The zero-order valence-corrected chi connectivity index (χ0v) is 24.3. The average molecular weight is 608 g/mol. The Morgan fingerprint density at radius 1 is 0.638 bits per heavy atom. The lowest BCUT2D eigenvalue weighted by atomic mass is 9.80. The van der Waals surface area contributed by atoms with Crippen LogP contribution in [0.25, 0.3) is 47.9 Å². The van der Waals surface area contributed by atoms with Crippen LogP contribution in [0.2, 0.25) is 0 Å². The van der Waals surface area contributed by atoms with Gasteiger partial charge >= 0.3 is 11.9 Å². The van der Waals surface area contributed by atoms with Gasteiger partial charge in [-0.15, -0.1) is 0 Å². The molecule has 0 saturated heterocycles. The highest BCUT2D eigenvalue weighted by Crippen LogP contribution is 2.50. The number of esters is 2. The molecule has 2 aliphatic heterocycles. The van der Waals surface area contributed by atoms with Gasteiger partial charge in [-0.05, 0) is 80.9 Å². The summed E-state index contributed by atoms with van der Waals surface area (Å²) >= 11 is 0. The van der Waals surface area contributed by atoms with Gasteiger partial charge in [-0.25, -0.2) is 19.3 Å². The van der Waals surface area contributed by atoms with Crippen LogP contribution < -0.4 is 4.90 Å². The van der Waals surface area contributed by atoms with Gasteiger partial charge < -0.3 is 4.74 Å². The second-order valence-corrected chi connectivity index (χ2v) is 11.7. The lowest BCUT2D eigenvalue weighted by Crippen LogP contribution is -2.40. The number of anilines is 1. The molecule has 0 unspecified atom stereocenters. The van der Waals surface area contributed by atoms with E-state index in [4.69, 9.17) is 11.3 Å². The zero-order chi connectivity index (χ0) is 32.1. The van der Waals surface area contributed by atoms with Gasteiger partial charge in [-0.3, -0.25) is 9.59 Å². The van der Waals surface area contributed by atoms with Crippen molar-refractivity contribution in [2.24, 2.45) is 0 Å². The number of ether oxygens (including phenoxy) is 1. The van der Waals surface area contributed by atoms with Crippen molar-refractivity contribution in [1.82, 2.24) is 0 Å². The zero-order valence-electron chi connectivity index (χ0n) is 24.3. The molecular weight excluding hydrogens is 590 g/mol. The third-order valence-electron chi connectivity index (χ3n) is 9.26. The van der Waals surface area contributed by atoms with E-state index < -0.39 is 23.8 Å². The smallest absolute Gasteiger partial charge is 0.346 e. The van der Waals surface area contributed by atoms with Gasteiger partial charge in [-0.1, -0.05) is 54.6 Å². The number of imide groups is 1. The second kappa shape index (κ2) is 9.31. The minimum atomic E-state index is -0.850. The van der Waals surface area contributed by atoms with Gasteiger partial charge in [0.1, 0.15) is 0 Å². The number of benzene rings is 7. The number of cyclic esters (lactones) is 2. The topological polar surface area (TPSA) is 109 Å². The molecule has 0 fully saturated rings. The van der Waals surface area contributed by atoms with Crippen LogP contribution in [0, 0.1) is 17.9 Å². The Balaban J connectivity index is 1.31. The van der Waals surface area contributed by atoms with Crippen LogP contribution in [0.15, 0.2) is 91.0 Å². The van der Waals surface area contributed by atoms with Gasteiger partial charge in [0.25, 0.3) is 11.8 Å². The molecular formula is C39H17N3O5. The summed E-state index contributed by atoms with van der Waals surface area (Å²) in [6.45, 7) is 7.99. The third kappa shape index (κ3) is 3.44. The van der Waals surface area contributed by atoms with Crippen molar-refractivity contribution in [3.8, 4) is 6.07 Å². The van der Waals surface area contributed by atoms with Gasteiger partial charge in [0.15, 0.2) is 5.69 Å². The molecule has 8 nitrogen and oxygen atoms in total. The highest BCUT2D eigenvalue weighted by atomic mass is 16.6. The first-order valence-corrected chi connectivity index (χ1v) is 14.7. The fourth-order valence-corrected chi connectivity index (χ4v) is 7.30. The van der Waals surface area contributed by atoms with Crippen LogP contribution in [-0.4, -0.2) is 23.8 Å². The molecule has 0 bridgehead atoms. The number of rotatable bonds is 3. The number of hydrogen-bond acceptors (Lipinski definition) is 6. The van der Waals surface area contributed by atoms with E-state index >= 15 is 0 Å². The van der Waals surface area contributed by atoms with Gasteiger partial charge in [0, 0.05) is 21.7 Å². The first-order valence-electron chi connectivity index (χ1n) is 14.7. The summed E-state index contributed by atoms with van der Waals surface area (Å²) < 4.78 is 4.95. The van der Waals surface area contributed by atoms with E-state index in [2.05, 4.69) is 10.9 Å². The molecule has 0 saturated carbocycles. The predicted octanol–water partition coefficient (Wildman–Crippen LogP) is 7.86. The molecule has 2 aliphatic rings. The Bertz CT molecular complexity index is 2720. The number of fused-ring (bicyclic) bond motifs is 2. The summed E-state index contributed by atoms with van der Waals surface area (Å²) in [5, 5.41) is 14.2. The molecule has 218 valence electrons. The van der Waals surface area contributed by atoms with E-state index in [1.54, 1.807) is 36.4 Å². The van der Waals surface area contributed by atoms with E-state index in [1.807, 2.05) is 42.5 Å². The van der Waals surface area contributed by atoms with Crippen molar-refractivity contribution in [2.45, 2.75) is 6.42 Å². The summed E-state index contributed by atoms with van der Waals surface area (Å²) in [4.78, 5) is 58.8. The number of carbonyl (C=O) groups excluding carboxylic acids is 4. The maximum Gasteiger partial charge on any atom is 0.346 e. The summed E-state index contributed by atoms with van der Waals surface area (Å²) in [6.07, 6.45) is 0.696. The monoisotopic (exact) mass is 607 g/mol. The largest absolute Gasteiger partial charge is 0.386 e. The SMILES string of the molecule is [C-]#[N+]c1cc2c3c(ccc4c5c(C#N)cc6c7c(ccc(c1c34)c75)C(=O)N(c1ccc(Cc3ccccc3)cc1)C6=O)C(=O)OC2=O. The molecule has 0 N–H and O–H groups in total. The third-order valence-corrected chi connectivity index (χ3v) is 9.26. The Labute approximate surface area is 265 Å². The molecule has 7 aromatic rings. The number of carbonyl (C=O) groups is 4. The van der Waals surface area contributed by atoms with Crippen LogP contribution in [0.4, 0.5) is 11.4 Å². The molecule has 0 spiro atoms. The fourth-order valence-electron chi connectivity index (χ4n) is 7.30. The lowest BCUT2D eigenvalue weighted by molar-refractivity contribution is 0.0390. The van der Waals surface area contributed by atoms with Crippen LogP contribution in [0.1, 0.15) is 58.1 Å². The van der Waals surface area contributed by atoms with Gasteiger partial charge in [0.2, 0.25) is 0 Å². The first kappa shape index (κ1) is 26.5. The molecule has 0 aliphatic carbocycles. The summed E-state index contributed by atoms with van der Waals surface area (Å²) in [6, 6.07) is 29.0. The fraction of sp³-hybridized carbons (Fsp3) is 0.0256. The van der Waals surface area contributed by atoms with E-state index in [0.717, 1.165) is 16.0 Å². The maximum atomic E-state index is 14.2. The van der Waals surface area contributed by atoms with E-state index in [-0.39, 0.29) is 33.5 Å². The highest BCUT2D eigenvalue weighted by molar-refractivity contribution is 6.45. The van der Waals surface area contributed by atoms with Crippen molar-refractivity contribution < 1.29 is 23.9 Å². The van der Waals surface area contributed by atoms with E-state index in [9.17, 15) is 24.4 Å². The summed E-state index contributed by atoms with van der Waals surface area (Å²) in [5.74, 6) is -2.71. The van der Waals surface area contributed by atoms with Gasteiger partial charge in [0.05, 0.1) is 40.6 Å². The Hall–Kier alpha value is -6.90. The highest BCUT2D eigenvalue weighted by Gasteiger charge is 2.37. The van der Waals surface area contributed by atoms with Crippen molar-refractivity contribution >= 4 is 78.2 Å². The van der Waals surface area contributed by atoms with E-state index in [0.29, 0.717) is 55.2 Å². The van der Waals surface area contributed by atoms with Crippen LogP contribution >= 0.6 is 0 Å². The quantitative estimate of drug-likeness (QED) is 0.0505. The van der Waals surface area contributed by atoms with Crippen molar-refractivity contribution in [1.29, 1.82) is 5.26 Å². The number of amides is 2. The molecule has 2 amide bonds. The van der Waals surface area contributed by atoms with Crippen molar-refractivity contribution in [3.63, 3.8) is 0 Å². The first-order chi connectivity index (χ1) is 22.9. The molecule has 2 heterocycles. The number of hydrogen-bond donors (Lipinski definition) is 0. The van der Waals surface area contributed by atoms with Gasteiger partial charge in [-0.2, -0.15) is 5.26 Å². The molecule has 8 heteroatoms. The number of nitriles is 1. The number of nitrogens with zero attached hydrogens (tertiary/aromatic N) is 3. The second-order valence-electron chi connectivity index (χ2n) is 11.7. The van der Waals surface area contributed by atoms with Crippen molar-refractivity contribution in [2.75, 3.05) is 4.90 Å².